The molecule has 0 radical (unpaired) electrons. The van der Waals surface area contributed by atoms with Gasteiger partial charge in [0.1, 0.15) is 18.0 Å². The second kappa shape index (κ2) is 6.76. The van der Waals surface area contributed by atoms with E-state index in [2.05, 4.69) is 54.9 Å². The van der Waals surface area contributed by atoms with Crippen molar-refractivity contribution >= 4 is 15.9 Å². The number of para-hydroxylation sites is 1. The van der Waals surface area contributed by atoms with E-state index in [1.165, 1.54) is 5.56 Å². The highest BCUT2D eigenvalue weighted by atomic mass is 79.9. The van der Waals surface area contributed by atoms with E-state index in [0.29, 0.717) is 10.7 Å². The number of alkyl halides is 1. The first-order valence-electron chi connectivity index (χ1n) is 7.14. The molecule has 1 fully saturated rings. The normalized spacial score (nSPS) is 26.3. The van der Waals surface area contributed by atoms with Crippen molar-refractivity contribution in [1.29, 1.82) is 0 Å². The first-order chi connectivity index (χ1) is 9.13. The summed E-state index contributed by atoms with van der Waals surface area (Å²) < 4.78 is 12.0. The number of halogens is 1. The van der Waals surface area contributed by atoms with Gasteiger partial charge in [-0.25, -0.2) is 0 Å². The molecule has 0 spiro atoms. The molecule has 3 heteroatoms. The molecule has 1 aromatic carbocycles. The number of rotatable bonds is 6. The zero-order valence-corrected chi connectivity index (χ0v) is 13.5. The van der Waals surface area contributed by atoms with Gasteiger partial charge in [-0.05, 0) is 24.0 Å². The van der Waals surface area contributed by atoms with Gasteiger partial charge in [0, 0.05) is 17.9 Å². The summed E-state index contributed by atoms with van der Waals surface area (Å²) in [6, 6.07) is 8.31. The molecule has 0 aromatic heterocycles. The molecule has 19 heavy (non-hydrogen) atoms. The molecule has 106 valence electrons. The van der Waals surface area contributed by atoms with Crippen LogP contribution in [0.15, 0.2) is 24.3 Å². The SMILES string of the molecule is CCCOC1C(Br)CC1Oc1ccccc1C(C)C. The molecule has 1 aliphatic carbocycles. The van der Waals surface area contributed by atoms with Crippen molar-refractivity contribution in [1.82, 2.24) is 0 Å². The maximum Gasteiger partial charge on any atom is 0.127 e. The van der Waals surface area contributed by atoms with Crippen LogP contribution in [0, 0.1) is 0 Å². The lowest BCUT2D eigenvalue weighted by molar-refractivity contribution is -0.0765. The summed E-state index contributed by atoms with van der Waals surface area (Å²) in [6.07, 6.45) is 2.42. The molecule has 0 heterocycles. The molecule has 0 saturated heterocycles. The summed E-state index contributed by atoms with van der Waals surface area (Å²) in [5.41, 5.74) is 1.27. The Morgan fingerprint density at radius 3 is 2.68 bits per heavy atom. The van der Waals surface area contributed by atoms with Crippen LogP contribution in [-0.4, -0.2) is 23.6 Å². The summed E-state index contributed by atoms with van der Waals surface area (Å²) >= 11 is 3.65. The van der Waals surface area contributed by atoms with E-state index < -0.39 is 0 Å². The van der Waals surface area contributed by atoms with Crippen LogP contribution in [0.5, 0.6) is 5.75 Å². The predicted octanol–water partition coefficient (Wildman–Crippen LogP) is 4.52. The number of benzene rings is 1. The highest BCUT2D eigenvalue weighted by molar-refractivity contribution is 9.09. The summed E-state index contributed by atoms with van der Waals surface area (Å²) in [4.78, 5) is 0.426. The van der Waals surface area contributed by atoms with E-state index in [0.717, 1.165) is 25.2 Å². The van der Waals surface area contributed by atoms with Crippen LogP contribution in [0.3, 0.4) is 0 Å². The highest BCUT2D eigenvalue weighted by Gasteiger charge is 2.42. The molecule has 0 amide bonds. The second-order valence-corrected chi connectivity index (χ2v) is 6.61. The highest BCUT2D eigenvalue weighted by Crippen LogP contribution is 2.36. The summed E-state index contributed by atoms with van der Waals surface area (Å²) in [7, 11) is 0. The number of hydrogen-bond acceptors (Lipinski definition) is 2. The fourth-order valence-corrected chi connectivity index (χ4v) is 3.20. The van der Waals surface area contributed by atoms with E-state index in [1.807, 2.05) is 6.07 Å². The summed E-state index contributed by atoms with van der Waals surface area (Å²) in [5, 5.41) is 0. The topological polar surface area (TPSA) is 18.5 Å². The molecule has 3 atom stereocenters. The van der Waals surface area contributed by atoms with Crippen LogP contribution in [0.1, 0.15) is 45.1 Å². The Labute approximate surface area is 124 Å². The van der Waals surface area contributed by atoms with Gasteiger partial charge in [-0.1, -0.05) is 54.9 Å². The van der Waals surface area contributed by atoms with Gasteiger partial charge in [0.15, 0.2) is 0 Å². The molecule has 2 rings (SSSR count). The fraction of sp³-hybridized carbons (Fsp3) is 0.625. The molecule has 1 saturated carbocycles. The average Bonchev–Trinajstić information content (AvgIpc) is 2.39. The third-order valence-corrected chi connectivity index (χ3v) is 4.41. The van der Waals surface area contributed by atoms with E-state index in [4.69, 9.17) is 9.47 Å². The Morgan fingerprint density at radius 1 is 1.32 bits per heavy atom. The predicted molar refractivity (Wildman–Crippen MR) is 82.3 cm³/mol. The molecule has 3 unspecified atom stereocenters. The molecular weight excluding hydrogens is 304 g/mol. The van der Waals surface area contributed by atoms with E-state index >= 15 is 0 Å². The van der Waals surface area contributed by atoms with Crippen molar-refractivity contribution in [3.05, 3.63) is 29.8 Å². The molecule has 0 bridgehead atoms. The van der Waals surface area contributed by atoms with Crippen molar-refractivity contribution in [3.8, 4) is 5.75 Å². The van der Waals surface area contributed by atoms with Gasteiger partial charge < -0.3 is 9.47 Å². The molecule has 1 aliphatic rings. The minimum absolute atomic E-state index is 0.177. The molecule has 0 aliphatic heterocycles. The quantitative estimate of drug-likeness (QED) is 0.715. The molecule has 1 aromatic rings. The maximum absolute atomic E-state index is 6.17. The van der Waals surface area contributed by atoms with Gasteiger partial charge in [-0.2, -0.15) is 0 Å². The van der Waals surface area contributed by atoms with Gasteiger partial charge in [-0.15, -0.1) is 0 Å². The lowest BCUT2D eigenvalue weighted by Crippen LogP contribution is -2.52. The van der Waals surface area contributed by atoms with Crippen molar-refractivity contribution in [2.45, 2.75) is 56.6 Å². The Kier molecular flexibility index (Phi) is 5.28. The van der Waals surface area contributed by atoms with Crippen LogP contribution in [0.25, 0.3) is 0 Å². The first-order valence-corrected chi connectivity index (χ1v) is 8.06. The summed E-state index contributed by atoms with van der Waals surface area (Å²) in [5.74, 6) is 1.48. The minimum Gasteiger partial charge on any atom is -0.487 e. The molecular formula is C16H23BrO2. The van der Waals surface area contributed by atoms with E-state index in [9.17, 15) is 0 Å². The Balaban J connectivity index is 2.01. The second-order valence-electron chi connectivity index (χ2n) is 5.44. The van der Waals surface area contributed by atoms with Crippen LogP contribution in [0.2, 0.25) is 0 Å². The lowest BCUT2D eigenvalue weighted by Gasteiger charge is -2.41. The fourth-order valence-electron chi connectivity index (χ4n) is 2.34. The third kappa shape index (κ3) is 3.51. The Morgan fingerprint density at radius 2 is 2.05 bits per heavy atom. The third-order valence-electron chi connectivity index (χ3n) is 3.51. The largest absolute Gasteiger partial charge is 0.487 e. The molecule has 0 N–H and O–H groups in total. The average molecular weight is 327 g/mol. The van der Waals surface area contributed by atoms with Crippen LogP contribution >= 0.6 is 15.9 Å². The lowest BCUT2D eigenvalue weighted by atomic mass is 9.91. The van der Waals surface area contributed by atoms with E-state index in [-0.39, 0.29) is 12.2 Å². The van der Waals surface area contributed by atoms with Gasteiger partial charge in [0.2, 0.25) is 0 Å². The smallest absolute Gasteiger partial charge is 0.127 e. The zero-order chi connectivity index (χ0) is 13.8. The molecule has 2 nitrogen and oxygen atoms in total. The minimum atomic E-state index is 0.177. The zero-order valence-electron chi connectivity index (χ0n) is 11.9. The first kappa shape index (κ1) is 14.9. The van der Waals surface area contributed by atoms with Gasteiger partial charge in [0.05, 0.1) is 0 Å². The van der Waals surface area contributed by atoms with Gasteiger partial charge >= 0.3 is 0 Å². The monoisotopic (exact) mass is 326 g/mol. The number of ether oxygens (including phenoxy) is 2. The van der Waals surface area contributed by atoms with Crippen molar-refractivity contribution in [2.75, 3.05) is 6.61 Å². The van der Waals surface area contributed by atoms with E-state index in [1.54, 1.807) is 0 Å². The van der Waals surface area contributed by atoms with Crippen LogP contribution in [0.4, 0.5) is 0 Å². The summed E-state index contributed by atoms with van der Waals surface area (Å²) in [6.45, 7) is 7.33. The van der Waals surface area contributed by atoms with Crippen molar-refractivity contribution in [3.63, 3.8) is 0 Å². The number of hydrogen-bond donors (Lipinski definition) is 0. The van der Waals surface area contributed by atoms with Crippen molar-refractivity contribution in [2.24, 2.45) is 0 Å². The Bertz CT molecular complexity index is 405. The van der Waals surface area contributed by atoms with Gasteiger partial charge in [-0.3, -0.25) is 0 Å². The van der Waals surface area contributed by atoms with Crippen molar-refractivity contribution < 1.29 is 9.47 Å². The van der Waals surface area contributed by atoms with Crippen LogP contribution in [-0.2, 0) is 4.74 Å². The van der Waals surface area contributed by atoms with Crippen LogP contribution < -0.4 is 4.74 Å². The Hall–Kier alpha value is -0.540. The van der Waals surface area contributed by atoms with Gasteiger partial charge in [0.25, 0.3) is 0 Å². The standard InChI is InChI=1S/C16H23BrO2/c1-4-9-18-16-13(17)10-15(16)19-14-8-6-5-7-12(14)11(2)3/h5-8,11,13,15-16H,4,9-10H2,1-3H3. The maximum atomic E-state index is 6.17.